The van der Waals surface area contributed by atoms with Gasteiger partial charge in [0.05, 0.1) is 17.2 Å². The van der Waals surface area contributed by atoms with Crippen LogP contribution in [0.4, 0.5) is 0 Å². The maximum Gasteiger partial charge on any atom is 0.266 e. The number of unbranched alkanes of at least 4 members (excludes halogenated alkanes) is 5. The maximum atomic E-state index is 13.3. The lowest BCUT2D eigenvalue weighted by molar-refractivity contribution is -0.122. The molecule has 4 rings (SSSR count). The standard InChI is InChI=1S/C31H37N3O2S2/c1-4-6-8-9-13-18-33-30(35)28(38-31(33)37)21-24-22-34(25-14-11-10-12-15-25)32-29(24)27-17-16-26(20-23(27)3)36-19-7-5-2/h10-12,14-17,20-22H,4-9,13,18-19H2,1-3H3/b28-21-. The second kappa shape index (κ2) is 13.8. The molecule has 2 heterocycles. The third-order valence-corrected chi connectivity index (χ3v) is 8.01. The SMILES string of the molecule is CCCCCCCN1C(=O)/C(=C/c2cn(-c3ccccc3)nc2-c2ccc(OCCCC)cc2C)SC1=S. The van der Waals surface area contributed by atoms with Crippen LogP contribution in [-0.2, 0) is 4.79 Å². The van der Waals surface area contributed by atoms with Crippen LogP contribution >= 0.6 is 24.0 Å². The van der Waals surface area contributed by atoms with E-state index < -0.39 is 0 Å². The predicted octanol–water partition coefficient (Wildman–Crippen LogP) is 8.20. The molecule has 1 amide bonds. The molecule has 38 heavy (non-hydrogen) atoms. The van der Waals surface area contributed by atoms with Crippen molar-refractivity contribution >= 4 is 40.3 Å². The van der Waals surface area contributed by atoms with Gasteiger partial charge in [-0.05, 0) is 61.7 Å². The number of hydrogen-bond donors (Lipinski definition) is 0. The van der Waals surface area contributed by atoms with Crippen LogP contribution in [0.5, 0.6) is 5.75 Å². The molecular weight excluding hydrogens is 510 g/mol. The highest BCUT2D eigenvalue weighted by Crippen LogP contribution is 2.36. The Morgan fingerprint density at radius 3 is 2.50 bits per heavy atom. The van der Waals surface area contributed by atoms with Crippen LogP contribution in [0, 0.1) is 6.92 Å². The van der Waals surface area contributed by atoms with Gasteiger partial charge >= 0.3 is 0 Å². The van der Waals surface area contributed by atoms with E-state index in [1.807, 2.05) is 53.4 Å². The Morgan fingerprint density at radius 2 is 1.76 bits per heavy atom. The van der Waals surface area contributed by atoms with Gasteiger partial charge in [0.2, 0.25) is 0 Å². The monoisotopic (exact) mass is 547 g/mol. The fourth-order valence-electron chi connectivity index (χ4n) is 4.45. The van der Waals surface area contributed by atoms with E-state index in [9.17, 15) is 4.79 Å². The fraction of sp³-hybridized carbons (Fsp3) is 0.387. The zero-order chi connectivity index (χ0) is 26.9. The number of thioether (sulfide) groups is 1. The summed E-state index contributed by atoms with van der Waals surface area (Å²) in [6.45, 7) is 7.83. The van der Waals surface area contributed by atoms with Crippen molar-refractivity contribution in [1.82, 2.24) is 14.7 Å². The van der Waals surface area contributed by atoms with Gasteiger partial charge in [0.15, 0.2) is 0 Å². The van der Waals surface area contributed by atoms with Crippen molar-refractivity contribution in [1.29, 1.82) is 0 Å². The van der Waals surface area contributed by atoms with Crippen LogP contribution in [0.2, 0.25) is 0 Å². The summed E-state index contributed by atoms with van der Waals surface area (Å²) in [4.78, 5) is 15.7. The molecule has 1 aromatic heterocycles. The highest BCUT2D eigenvalue weighted by atomic mass is 32.2. The van der Waals surface area contributed by atoms with Crippen molar-refractivity contribution in [2.24, 2.45) is 0 Å². The van der Waals surface area contributed by atoms with E-state index >= 15 is 0 Å². The lowest BCUT2D eigenvalue weighted by Crippen LogP contribution is -2.29. The van der Waals surface area contributed by atoms with Gasteiger partial charge in [-0.3, -0.25) is 9.69 Å². The summed E-state index contributed by atoms with van der Waals surface area (Å²) in [6, 6.07) is 16.2. The second-order valence-corrected chi connectivity index (χ2v) is 11.3. The van der Waals surface area contributed by atoms with Crippen LogP contribution in [0.25, 0.3) is 23.0 Å². The summed E-state index contributed by atoms with van der Waals surface area (Å²) in [5.74, 6) is 0.855. The van der Waals surface area contributed by atoms with Crippen LogP contribution in [0.1, 0.15) is 69.9 Å². The van der Waals surface area contributed by atoms with Crippen molar-refractivity contribution < 1.29 is 9.53 Å². The zero-order valence-corrected chi connectivity index (χ0v) is 24.2. The Labute approximate surface area is 236 Å². The van der Waals surface area contributed by atoms with Gasteiger partial charge in [0.1, 0.15) is 15.8 Å². The van der Waals surface area contributed by atoms with Crippen molar-refractivity contribution in [2.45, 2.75) is 65.7 Å². The number of benzene rings is 2. The van der Waals surface area contributed by atoms with Gasteiger partial charge in [-0.1, -0.05) is 88.1 Å². The second-order valence-electron chi connectivity index (χ2n) is 9.64. The van der Waals surface area contributed by atoms with Gasteiger partial charge in [-0.2, -0.15) is 5.10 Å². The van der Waals surface area contributed by atoms with Crippen molar-refractivity contribution in [3.8, 4) is 22.7 Å². The summed E-state index contributed by atoms with van der Waals surface area (Å²) in [7, 11) is 0. The van der Waals surface area contributed by atoms with Gasteiger partial charge in [-0.15, -0.1) is 0 Å². The van der Waals surface area contributed by atoms with Gasteiger partial charge in [0.25, 0.3) is 5.91 Å². The highest BCUT2D eigenvalue weighted by Gasteiger charge is 2.32. The quantitative estimate of drug-likeness (QED) is 0.123. The lowest BCUT2D eigenvalue weighted by atomic mass is 10.0. The van der Waals surface area contributed by atoms with E-state index in [0.29, 0.717) is 22.4 Å². The first-order valence-corrected chi connectivity index (χ1v) is 14.9. The number of amides is 1. The Balaban J connectivity index is 1.63. The Morgan fingerprint density at radius 1 is 1.00 bits per heavy atom. The Kier molecular flexibility index (Phi) is 10.2. The number of rotatable bonds is 13. The number of aryl methyl sites for hydroxylation is 1. The zero-order valence-electron chi connectivity index (χ0n) is 22.6. The first kappa shape index (κ1) is 28.1. The fourth-order valence-corrected chi connectivity index (χ4v) is 5.75. The smallest absolute Gasteiger partial charge is 0.266 e. The molecule has 1 fully saturated rings. The van der Waals surface area contributed by atoms with Gasteiger partial charge in [-0.25, -0.2) is 4.68 Å². The minimum atomic E-state index is -0.00898. The van der Waals surface area contributed by atoms with E-state index in [0.717, 1.165) is 59.5 Å². The van der Waals surface area contributed by atoms with Crippen LogP contribution in [0.15, 0.2) is 59.6 Å². The summed E-state index contributed by atoms with van der Waals surface area (Å²) < 4.78 is 8.43. The largest absolute Gasteiger partial charge is 0.494 e. The molecule has 7 heteroatoms. The number of ether oxygens (including phenoxy) is 1. The molecule has 200 valence electrons. The summed E-state index contributed by atoms with van der Waals surface area (Å²) in [6.07, 6.45) is 11.8. The number of aromatic nitrogens is 2. The highest BCUT2D eigenvalue weighted by molar-refractivity contribution is 8.26. The number of hydrogen-bond acceptors (Lipinski definition) is 5. The molecule has 0 atom stereocenters. The van der Waals surface area contributed by atoms with E-state index in [1.165, 1.54) is 31.0 Å². The number of carbonyl (C=O) groups is 1. The normalized spacial score (nSPS) is 14.6. The first-order valence-electron chi connectivity index (χ1n) is 13.7. The third kappa shape index (κ3) is 6.94. The minimum Gasteiger partial charge on any atom is -0.494 e. The van der Waals surface area contributed by atoms with Crippen LogP contribution in [0.3, 0.4) is 0 Å². The molecule has 0 saturated carbocycles. The Bertz CT molecular complexity index is 1280. The van der Waals surface area contributed by atoms with E-state index in [-0.39, 0.29) is 5.91 Å². The topological polar surface area (TPSA) is 47.4 Å². The van der Waals surface area contributed by atoms with E-state index in [1.54, 1.807) is 4.90 Å². The molecule has 1 aliphatic heterocycles. The van der Waals surface area contributed by atoms with E-state index in [4.69, 9.17) is 22.1 Å². The third-order valence-electron chi connectivity index (χ3n) is 6.63. The molecule has 1 saturated heterocycles. The molecule has 2 aromatic carbocycles. The molecule has 0 radical (unpaired) electrons. The van der Waals surface area contributed by atoms with Gasteiger partial charge in [0, 0.05) is 23.9 Å². The molecule has 1 aliphatic rings. The van der Waals surface area contributed by atoms with Crippen LogP contribution < -0.4 is 4.74 Å². The van der Waals surface area contributed by atoms with Crippen LogP contribution in [-0.4, -0.2) is 38.1 Å². The summed E-state index contributed by atoms with van der Waals surface area (Å²) in [5, 5.41) is 4.96. The van der Waals surface area contributed by atoms with Crippen molar-refractivity contribution in [3.63, 3.8) is 0 Å². The van der Waals surface area contributed by atoms with Crippen molar-refractivity contribution in [3.05, 3.63) is 70.8 Å². The maximum absolute atomic E-state index is 13.3. The summed E-state index contributed by atoms with van der Waals surface area (Å²) in [5.41, 5.74) is 4.77. The molecule has 0 bridgehead atoms. The predicted molar refractivity (Wildman–Crippen MR) is 163 cm³/mol. The Hall–Kier alpha value is -2.90. The minimum absolute atomic E-state index is 0.00898. The summed E-state index contributed by atoms with van der Waals surface area (Å²) >= 11 is 6.97. The van der Waals surface area contributed by atoms with Crippen molar-refractivity contribution in [2.75, 3.05) is 13.2 Å². The molecule has 0 unspecified atom stereocenters. The average Bonchev–Trinajstić information content (AvgIpc) is 3.45. The molecule has 0 spiro atoms. The average molecular weight is 548 g/mol. The lowest BCUT2D eigenvalue weighted by Gasteiger charge is -2.13. The molecule has 3 aromatic rings. The molecule has 0 N–H and O–H groups in total. The van der Waals surface area contributed by atoms with E-state index in [2.05, 4.69) is 32.9 Å². The van der Waals surface area contributed by atoms with Gasteiger partial charge < -0.3 is 4.74 Å². The first-order chi connectivity index (χ1) is 18.5. The molecule has 5 nitrogen and oxygen atoms in total. The number of para-hydroxylation sites is 1. The number of thiocarbonyl (C=S) groups is 1. The molecule has 0 aliphatic carbocycles. The molecular formula is C31H37N3O2S2. The number of carbonyl (C=O) groups excluding carboxylic acids is 1. The number of nitrogens with zero attached hydrogens (tertiary/aromatic N) is 3.